The number of nitrogens with zero attached hydrogens (tertiary/aromatic N) is 3. The van der Waals surface area contributed by atoms with Crippen LogP contribution >= 0.6 is 11.6 Å². The summed E-state index contributed by atoms with van der Waals surface area (Å²) in [4.78, 5) is 12.5. The second-order valence-electron chi connectivity index (χ2n) is 4.81. The molecule has 0 amide bonds. The van der Waals surface area contributed by atoms with Crippen LogP contribution in [-0.4, -0.2) is 21.5 Å². The van der Waals surface area contributed by atoms with E-state index in [0.717, 1.165) is 24.9 Å². The van der Waals surface area contributed by atoms with E-state index < -0.39 is 0 Å². The van der Waals surface area contributed by atoms with Crippen molar-refractivity contribution in [3.8, 4) is 0 Å². The van der Waals surface area contributed by atoms with Crippen LogP contribution in [0.15, 0.2) is 30.3 Å². The van der Waals surface area contributed by atoms with Crippen molar-refractivity contribution in [2.45, 2.75) is 32.7 Å². The Morgan fingerprint density at radius 3 is 2.52 bits per heavy atom. The second-order valence-corrected chi connectivity index (χ2v) is 5.15. The molecular formula is C15H20ClN5. The number of benzene rings is 1. The van der Waals surface area contributed by atoms with Crippen molar-refractivity contribution < 1.29 is 0 Å². The quantitative estimate of drug-likeness (QED) is 0.759. The molecule has 0 spiro atoms. The van der Waals surface area contributed by atoms with Gasteiger partial charge in [-0.1, -0.05) is 43.7 Å². The van der Waals surface area contributed by atoms with Gasteiger partial charge in [0.1, 0.15) is 0 Å². The average Bonchev–Trinajstić information content (AvgIpc) is 2.48. The molecule has 112 valence electrons. The minimum atomic E-state index is 0.0909. The molecule has 0 unspecified atom stereocenters. The lowest BCUT2D eigenvalue weighted by atomic mass is 10.1. The lowest BCUT2D eigenvalue weighted by Gasteiger charge is -2.14. The molecule has 1 aromatic carbocycles. The Morgan fingerprint density at radius 1 is 1.10 bits per heavy atom. The molecule has 2 N–H and O–H groups in total. The zero-order valence-electron chi connectivity index (χ0n) is 12.3. The summed E-state index contributed by atoms with van der Waals surface area (Å²) in [5, 5.41) is 6.58. The van der Waals surface area contributed by atoms with Gasteiger partial charge >= 0.3 is 0 Å². The average molecular weight is 306 g/mol. The summed E-state index contributed by atoms with van der Waals surface area (Å²) in [6.45, 7) is 5.01. The molecule has 0 bridgehead atoms. The van der Waals surface area contributed by atoms with Gasteiger partial charge in [0.25, 0.3) is 0 Å². The van der Waals surface area contributed by atoms with Gasteiger partial charge in [-0.15, -0.1) is 0 Å². The van der Waals surface area contributed by atoms with Crippen molar-refractivity contribution in [1.29, 1.82) is 0 Å². The number of nitrogens with one attached hydrogen (secondary N) is 2. The molecule has 0 saturated heterocycles. The highest BCUT2D eigenvalue weighted by molar-refractivity contribution is 6.28. The Kier molecular flexibility index (Phi) is 5.75. The minimum Gasteiger partial charge on any atom is -0.354 e. The number of anilines is 2. The third-order valence-corrected chi connectivity index (χ3v) is 3.24. The summed E-state index contributed by atoms with van der Waals surface area (Å²) in [6.07, 6.45) is 2.18. The van der Waals surface area contributed by atoms with E-state index in [0.29, 0.717) is 11.9 Å². The molecule has 2 rings (SSSR count). The zero-order chi connectivity index (χ0) is 15.1. The maximum atomic E-state index is 5.95. The van der Waals surface area contributed by atoms with E-state index in [1.54, 1.807) is 0 Å². The van der Waals surface area contributed by atoms with Crippen molar-refractivity contribution >= 4 is 23.5 Å². The summed E-state index contributed by atoms with van der Waals surface area (Å²) in [7, 11) is 0. The van der Waals surface area contributed by atoms with Gasteiger partial charge < -0.3 is 10.6 Å². The SMILES string of the molecule is CCCCNc1nc(Cl)nc(N[C@@H](C)c2ccccc2)n1. The molecule has 1 aromatic heterocycles. The fraction of sp³-hybridized carbons (Fsp3) is 0.400. The smallest absolute Gasteiger partial charge is 0.229 e. The predicted octanol–water partition coefficient (Wildman–Crippen LogP) is 3.91. The highest BCUT2D eigenvalue weighted by Gasteiger charge is 2.09. The van der Waals surface area contributed by atoms with Crippen molar-refractivity contribution in [3.63, 3.8) is 0 Å². The normalized spacial score (nSPS) is 12.0. The molecule has 0 aliphatic carbocycles. The molecule has 0 radical (unpaired) electrons. The lowest BCUT2D eigenvalue weighted by molar-refractivity contribution is 0.819. The largest absolute Gasteiger partial charge is 0.354 e. The Labute approximate surface area is 130 Å². The van der Waals surface area contributed by atoms with Crippen molar-refractivity contribution in [2.24, 2.45) is 0 Å². The van der Waals surface area contributed by atoms with E-state index >= 15 is 0 Å². The lowest BCUT2D eigenvalue weighted by Crippen LogP contribution is -2.12. The minimum absolute atomic E-state index is 0.0909. The standard InChI is InChI=1S/C15H20ClN5/c1-3-4-10-17-14-19-13(16)20-15(21-14)18-11(2)12-8-6-5-7-9-12/h5-9,11H,3-4,10H2,1-2H3,(H2,17,18,19,20,21)/t11-/m0/s1. The first kappa shape index (κ1) is 15.5. The van der Waals surface area contributed by atoms with Crippen LogP contribution in [0.5, 0.6) is 0 Å². The van der Waals surface area contributed by atoms with Gasteiger partial charge in [0, 0.05) is 6.54 Å². The van der Waals surface area contributed by atoms with E-state index in [1.165, 1.54) is 0 Å². The van der Waals surface area contributed by atoms with Crippen LogP contribution in [0.2, 0.25) is 5.28 Å². The fourth-order valence-electron chi connectivity index (χ4n) is 1.89. The van der Waals surface area contributed by atoms with E-state index in [1.807, 2.05) is 18.2 Å². The number of aromatic nitrogens is 3. The van der Waals surface area contributed by atoms with Crippen molar-refractivity contribution in [1.82, 2.24) is 15.0 Å². The van der Waals surface area contributed by atoms with E-state index in [-0.39, 0.29) is 11.3 Å². The molecule has 0 fully saturated rings. The van der Waals surface area contributed by atoms with E-state index in [4.69, 9.17) is 11.6 Å². The van der Waals surface area contributed by atoms with Crippen LogP contribution in [-0.2, 0) is 0 Å². The summed E-state index contributed by atoms with van der Waals surface area (Å²) in [5.41, 5.74) is 1.16. The molecule has 21 heavy (non-hydrogen) atoms. The van der Waals surface area contributed by atoms with Crippen LogP contribution < -0.4 is 10.6 Å². The van der Waals surface area contributed by atoms with Gasteiger partial charge in [0.15, 0.2) is 0 Å². The molecule has 0 saturated carbocycles. The molecule has 1 atom stereocenters. The highest BCUT2D eigenvalue weighted by atomic mass is 35.5. The van der Waals surface area contributed by atoms with Crippen molar-refractivity contribution in [2.75, 3.05) is 17.2 Å². The number of halogens is 1. The summed E-state index contributed by atoms with van der Waals surface area (Å²) in [5.74, 6) is 0.983. The van der Waals surface area contributed by atoms with Gasteiger partial charge in [-0.3, -0.25) is 0 Å². The topological polar surface area (TPSA) is 62.7 Å². The van der Waals surface area contributed by atoms with Crippen LogP contribution in [0.1, 0.15) is 38.3 Å². The molecule has 0 aliphatic heterocycles. The van der Waals surface area contributed by atoms with Gasteiger partial charge in [0.2, 0.25) is 17.2 Å². The Hall–Kier alpha value is -1.88. The summed E-state index contributed by atoms with van der Waals surface area (Å²) < 4.78 is 0. The first-order valence-electron chi connectivity index (χ1n) is 7.16. The molecule has 5 nitrogen and oxygen atoms in total. The van der Waals surface area contributed by atoms with Gasteiger partial charge in [-0.2, -0.15) is 15.0 Å². The Morgan fingerprint density at radius 2 is 1.81 bits per heavy atom. The first-order chi connectivity index (χ1) is 10.2. The Bertz CT molecular complexity index is 561. The predicted molar refractivity (Wildman–Crippen MR) is 86.7 cm³/mol. The molecule has 1 heterocycles. The highest BCUT2D eigenvalue weighted by Crippen LogP contribution is 2.18. The van der Waals surface area contributed by atoms with Crippen LogP contribution in [0.3, 0.4) is 0 Å². The fourth-order valence-corrected chi connectivity index (χ4v) is 2.05. The van der Waals surface area contributed by atoms with Gasteiger partial charge in [0.05, 0.1) is 6.04 Å². The van der Waals surface area contributed by atoms with E-state index in [2.05, 4.69) is 51.6 Å². The third kappa shape index (κ3) is 4.86. The number of hydrogen-bond acceptors (Lipinski definition) is 5. The number of rotatable bonds is 7. The molecule has 6 heteroatoms. The zero-order valence-corrected chi connectivity index (χ0v) is 13.1. The third-order valence-electron chi connectivity index (χ3n) is 3.07. The van der Waals surface area contributed by atoms with Crippen molar-refractivity contribution in [3.05, 3.63) is 41.2 Å². The summed E-state index contributed by atoms with van der Waals surface area (Å²) in [6, 6.07) is 10.2. The van der Waals surface area contributed by atoms with Gasteiger partial charge in [-0.05, 0) is 30.5 Å². The van der Waals surface area contributed by atoms with Crippen LogP contribution in [0.25, 0.3) is 0 Å². The number of unbranched alkanes of at least 4 members (excludes halogenated alkanes) is 1. The molecule has 0 aliphatic rings. The second kappa shape index (κ2) is 7.78. The maximum Gasteiger partial charge on any atom is 0.229 e. The van der Waals surface area contributed by atoms with Gasteiger partial charge in [-0.25, -0.2) is 0 Å². The monoisotopic (exact) mass is 305 g/mol. The molecular weight excluding hydrogens is 286 g/mol. The van der Waals surface area contributed by atoms with E-state index in [9.17, 15) is 0 Å². The molecule has 2 aromatic rings. The van der Waals surface area contributed by atoms with Crippen LogP contribution in [0.4, 0.5) is 11.9 Å². The Balaban J connectivity index is 2.05. The first-order valence-corrected chi connectivity index (χ1v) is 7.53. The summed E-state index contributed by atoms with van der Waals surface area (Å²) >= 11 is 5.95. The maximum absolute atomic E-state index is 5.95. The number of hydrogen-bond donors (Lipinski definition) is 2. The van der Waals surface area contributed by atoms with Crippen LogP contribution in [0, 0.1) is 0 Å².